The molecular formula is C12H8BrN3O4. The number of carbonyl (C=O) groups is 1. The predicted octanol–water partition coefficient (Wildman–Crippen LogP) is 2.71. The van der Waals surface area contributed by atoms with Gasteiger partial charge in [0.05, 0.1) is 16.7 Å². The summed E-state index contributed by atoms with van der Waals surface area (Å²) in [6.07, 6.45) is 2.43. The number of nitrogens with zero attached hydrogens (tertiary/aromatic N) is 2. The van der Waals surface area contributed by atoms with Crippen molar-refractivity contribution in [3.05, 3.63) is 56.8 Å². The average Bonchev–Trinajstić information content (AvgIpc) is 2.40. The van der Waals surface area contributed by atoms with Crippen molar-refractivity contribution in [3.8, 4) is 5.75 Å². The van der Waals surface area contributed by atoms with E-state index in [-0.39, 0.29) is 22.7 Å². The molecule has 2 aromatic rings. The van der Waals surface area contributed by atoms with E-state index in [1.54, 1.807) is 6.07 Å². The minimum absolute atomic E-state index is 0.0616. The Labute approximate surface area is 121 Å². The fraction of sp³-hybridized carbons (Fsp3) is 0. The molecule has 2 rings (SSSR count). The lowest BCUT2D eigenvalue weighted by Crippen LogP contribution is -2.13. The molecule has 8 heteroatoms. The van der Waals surface area contributed by atoms with Crippen molar-refractivity contribution in [1.29, 1.82) is 0 Å². The van der Waals surface area contributed by atoms with Gasteiger partial charge in [-0.2, -0.15) is 0 Å². The highest BCUT2D eigenvalue weighted by Crippen LogP contribution is 2.28. The fourth-order valence-corrected chi connectivity index (χ4v) is 1.86. The quantitative estimate of drug-likeness (QED) is 0.661. The normalized spacial score (nSPS) is 10.1. The molecule has 0 unspecified atom stereocenters. The smallest absolute Gasteiger partial charge is 0.293 e. The number of aromatic nitrogens is 1. The summed E-state index contributed by atoms with van der Waals surface area (Å²) in [5, 5.41) is 22.6. The first kappa shape index (κ1) is 13.9. The Morgan fingerprint density at radius 1 is 1.35 bits per heavy atom. The lowest BCUT2D eigenvalue weighted by molar-refractivity contribution is -0.384. The van der Waals surface area contributed by atoms with Gasteiger partial charge in [-0.3, -0.25) is 19.9 Å². The summed E-state index contributed by atoms with van der Waals surface area (Å²) in [7, 11) is 0. The molecule has 0 saturated heterocycles. The van der Waals surface area contributed by atoms with E-state index >= 15 is 0 Å². The summed E-state index contributed by atoms with van der Waals surface area (Å²) < 4.78 is 0.529. The maximum atomic E-state index is 11.9. The van der Waals surface area contributed by atoms with Crippen molar-refractivity contribution in [3.63, 3.8) is 0 Å². The Hall–Kier alpha value is -2.48. The first-order chi connectivity index (χ1) is 9.47. The molecule has 2 N–H and O–H groups in total. The molecule has 7 nitrogen and oxygen atoms in total. The van der Waals surface area contributed by atoms with E-state index in [0.29, 0.717) is 4.47 Å². The molecule has 0 aliphatic heterocycles. The minimum Gasteiger partial charge on any atom is -0.506 e. The van der Waals surface area contributed by atoms with Gasteiger partial charge in [-0.25, -0.2) is 0 Å². The highest BCUT2D eigenvalue weighted by atomic mass is 79.9. The number of pyridine rings is 1. The van der Waals surface area contributed by atoms with Crippen LogP contribution in [0.5, 0.6) is 5.75 Å². The largest absolute Gasteiger partial charge is 0.506 e. The molecule has 1 heterocycles. The number of nitrogens with one attached hydrogen (secondary N) is 1. The van der Waals surface area contributed by atoms with Crippen LogP contribution in [0, 0.1) is 10.1 Å². The van der Waals surface area contributed by atoms with Crippen molar-refractivity contribution in [2.45, 2.75) is 0 Å². The summed E-state index contributed by atoms with van der Waals surface area (Å²) >= 11 is 3.13. The molecule has 1 aromatic carbocycles. The summed E-state index contributed by atoms with van der Waals surface area (Å²) in [5.41, 5.74) is -0.0744. The number of halogens is 1. The topological polar surface area (TPSA) is 105 Å². The van der Waals surface area contributed by atoms with Gasteiger partial charge in [-0.1, -0.05) is 15.9 Å². The highest BCUT2D eigenvalue weighted by molar-refractivity contribution is 9.10. The molecule has 0 atom stereocenters. The molecule has 102 valence electrons. The van der Waals surface area contributed by atoms with Gasteiger partial charge < -0.3 is 10.4 Å². The average molecular weight is 338 g/mol. The Balaban J connectivity index is 2.30. The van der Waals surface area contributed by atoms with Crippen molar-refractivity contribution in [2.24, 2.45) is 0 Å². The molecule has 0 saturated carbocycles. The second-order valence-corrected chi connectivity index (χ2v) is 4.72. The number of anilines is 1. The number of nitro benzene ring substituents is 1. The van der Waals surface area contributed by atoms with E-state index in [9.17, 15) is 20.0 Å². The van der Waals surface area contributed by atoms with Crippen LogP contribution in [0.3, 0.4) is 0 Å². The van der Waals surface area contributed by atoms with Gasteiger partial charge in [0.15, 0.2) is 0 Å². The molecule has 1 amide bonds. The summed E-state index contributed by atoms with van der Waals surface area (Å²) in [6, 6.07) is 5.49. The van der Waals surface area contributed by atoms with Crippen molar-refractivity contribution in [1.82, 2.24) is 4.98 Å². The van der Waals surface area contributed by atoms with Gasteiger partial charge in [0.1, 0.15) is 11.4 Å². The van der Waals surface area contributed by atoms with Crippen LogP contribution in [0.4, 0.5) is 11.4 Å². The molecule has 20 heavy (non-hydrogen) atoms. The molecule has 0 bridgehead atoms. The SMILES string of the molecule is O=C(Nc1ccc(Br)cc1[N+](=O)[O-])c1cncc(O)c1. The number of hydrogen-bond donors (Lipinski definition) is 2. The third-order valence-corrected chi connectivity index (χ3v) is 2.88. The van der Waals surface area contributed by atoms with Gasteiger partial charge in [0.2, 0.25) is 0 Å². The summed E-state index contributed by atoms with van der Waals surface area (Å²) in [6.45, 7) is 0. The van der Waals surface area contributed by atoms with Crippen molar-refractivity contribution >= 4 is 33.2 Å². The molecule has 0 aliphatic carbocycles. The van der Waals surface area contributed by atoms with Crippen LogP contribution in [-0.4, -0.2) is 20.9 Å². The van der Waals surface area contributed by atoms with E-state index in [4.69, 9.17) is 0 Å². The van der Waals surface area contributed by atoms with Crippen LogP contribution in [0.2, 0.25) is 0 Å². The van der Waals surface area contributed by atoms with Gasteiger partial charge in [0, 0.05) is 16.7 Å². The molecule has 0 radical (unpaired) electrons. The summed E-state index contributed by atoms with van der Waals surface area (Å²) in [4.78, 5) is 25.9. The second-order valence-electron chi connectivity index (χ2n) is 3.80. The van der Waals surface area contributed by atoms with Gasteiger partial charge >= 0.3 is 0 Å². The number of benzene rings is 1. The molecule has 0 fully saturated rings. The number of carbonyl (C=O) groups excluding carboxylic acids is 1. The van der Waals surface area contributed by atoms with Gasteiger partial charge in [0.25, 0.3) is 11.6 Å². The Morgan fingerprint density at radius 2 is 2.10 bits per heavy atom. The van der Waals surface area contributed by atoms with Gasteiger partial charge in [-0.15, -0.1) is 0 Å². The highest BCUT2D eigenvalue weighted by Gasteiger charge is 2.17. The monoisotopic (exact) mass is 337 g/mol. The van der Waals surface area contributed by atoms with Crippen LogP contribution in [-0.2, 0) is 0 Å². The third kappa shape index (κ3) is 3.09. The lowest BCUT2D eigenvalue weighted by Gasteiger charge is -2.06. The third-order valence-electron chi connectivity index (χ3n) is 2.39. The maximum absolute atomic E-state index is 11.9. The lowest BCUT2D eigenvalue weighted by atomic mass is 10.2. The summed E-state index contributed by atoms with van der Waals surface area (Å²) in [5.74, 6) is -0.762. The first-order valence-electron chi connectivity index (χ1n) is 5.36. The van der Waals surface area contributed by atoms with E-state index in [2.05, 4.69) is 26.2 Å². The number of hydrogen-bond acceptors (Lipinski definition) is 5. The zero-order chi connectivity index (χ0) is 14.7. The Morgan fingerprint density at radius 3 is 2.75 bits per heavy atom. The number of rotatable bonds is 3. The van der Waals surface area contributed by atoms with Crippen molar-refractivity contribution in [2.75, 3.05) is 5.32 Å². The molecule has 1 aromatic heterocycles. The Bertz CT molecular complexity index is 690. The molecule has 0 spiro atoms. The van der Waals surface area contributed by atoms with Crippen LogP contribution in [0.1, 0.15) is 10.4 Å². The van der Waals surface area contributed by atoms with Crippen LogP contribution in [0.25, 0.3) is 0 Å². The Kier molecular flexibility index (Phi) is 3.94. The standard InChI is InChI=1S/C12H8BrN3O4/c13-8-1-2-10(11(4-8)16(19)20)15-12(18)7-3-9(17)6-14-5-7/h1-6,17H,(H,15,18). The van der Waals surface area contributed by atoms with Crippen molar-refractivity contribution < 1.29 is 14.8 Å². The number of amides is 1. The van der Waals surface area contributed by atoms with Crippen LogP contribution >= 0.6 is 15.9 Å². The molecule has 0 aliphatic rings. The second kappa shape index (κ2) is 5.66. The fourth-order valence-electron chi connectivity index (χ4n) is 1.51. The zero-order valence-corrected chi connectivity index (χ0v) is 11.5. The molecular weight excluding hydrogens is 330 g/mol. The number of nitro groups is 1. The predicted molar refractivity (Wildman–Crippen MR) is 74.7 cm³/mol. The maximum Gasteiger partial charge on any atom is 0.293 e. The number of aromatic hydroxyl groups is 1. The van der Waals surface area contributed by atoms with E-state index in [0.717, 1.165) is 0 Å². The van der Waals surface area contributed by atoms with Crippen LogP contribution < -0.4 is 5.32 Å². The van der Waals surface area contributed by atoms with E-state index in [1.807, 2.05) is 0 Å². The minimum atomic E-state index is -0.598. The zero-order valence-electron chi connectivity index (χ0n) is 9.91. The van der Waals surface area contributed by atoms with Crippen LogP contribution in [0.15, 0.2) is 41.1 Å². The van der Waals surface area contributed by atoms with Gasteiger partial charge in [-0.05, 0) is 18.2 Å². The van der Waals surface area contributed by atoms with E-state index in [1.165, 1.54) is 30.6 Å². The van der Waals surface area contributed by atoms with E-state index < -0.39 is 10.8 Å². The first-order valence-corrected chi connectivity index (χ1v) is 6.16.